The first-order valence-corrected chi connectivity index (χ1v) is 8.68. The van der Waals surface area contributed by atoms with E-state index in [1.165, 1.54) is 16.6 Å². The van der Waals surface area contributed by atoms with Crippen LogP contribution in [0.2, 0.25) is 5.02 Å². The molecule has 5 aromatic rings. The van der Waals surface area contributed by atoms with E-state index in [2.05, 4.69) is 25.5 Å². The van der Waals surface area contributed by atoms with E-state index in [0.29, 0.717) is 27.5 Å². The molecule has 3 aromatic heterocycles. The lowest BCUT2D eigenvalue weighted by Crippen LogP contribution is -2.06. The Kier molecular flexibility index (Phi) is 3.66. The van der Waals surface area contributed by atoms with Crippen molar-refractivity contribution in [3.05, 3.63) is 65.6 Å². The van der Waals surface area contributed by atoms with Crippen LogP contribution < -0.4 is 5.73 Å². The summed E-state index contributed by atoms with van der Waals surface area (Å²) >= 11 is 6.35. The minimum Gasteiger partial charge on any atom is -0.368 e. The van der Waals surface area contributed by atoms with Gasteiger partial charge in [-0.15, -0.1) is 5.10 Å². The average molecular weight is 392 g/mol. The molecule has 28 heavy (non-hydrogen) atoms. The van der Waals surface area contributed by atoms with Crippen molar-refractivity contribution in [2.24, 2.45) is 0 Å². The van der Waals surface area contributed by atoms with Crippen molar-refractivity contribution in [3.63, 3.8) is 0 Å². The van der Waals surface area contributed by atoms with Crippen LogP contribution in [0.15, 0.2) is 54.7 Å². The van der Waals surface area contributed by atoms with Crippen molar-refractivity contribution in [1.82, 2.24) is 30.0 Å². The number of aromatic nitrogens is 6. The maximum absolute atomic E-state index is 13.4. The number of nitrogen functional groups attached to an aromatic ring is 1. The molecule has 2 N–H and O–H groups in total. The lowest BCUT2D eigenvalue weighted by Gasteiger charge is -2.12. The van der Waals surface area contributed by atoms with Crippen LogP contribution in [-0.2, 0) is 0 Å². The third-order valence-corrected chi connectivity index (χ3v) is 4.80. The minimum absolute atomic E-state index is 0.128. The Hall–Kier alpha value is -3.65. The summed E-state index contributed by atoms with van der Waals surface area (Å²) in [7, 11) is 0. The number of anilines is 1. The number of hydrogen-bond acceptors (Lipinski definition) is 6. The summed E-state index contributed by atoms with van der Waals surface area (Å²) in [6.45, 7) is 0. The van der Waals surface area contributed by atoms with Gasteiger partial charge in [0.25, 0.3) is 0 Å². The summed E-state index contributed by atoms with van der Waals surface area (Å²) in [6.07, 6.45) is 1.65. The van der Waals surface area contributed by atoms with Crippen molar-refractivity contribution in [2.75, 3.05) is 5.73 Å². The molecule has 0 aliphatic rings. The Labute approximate surface area is 162 Å². The summed E-state index contributed by atoms with van der Waals surface area (Å²) in [5.41, 5.74) is 9.91. The first-order valence-electron chi connectivity index (χ1n) is 8.30. The number of halogens is 2. The highest BCUT2D eigenvalue weighted by Gasteiger charge is 2.19. The Morgan fingerprint density at radius 3 is 2.61 bits per heavy atom. The summed E-state index contributed by atoms with van der Waals surface area (Å²) in [6, 6.07) is 13.4. The van der Waals surface area contributed by atoms with E-state index in [4.69, 9.17) is 17.3 Å². The molecule has 0 amide bonds. The van der Waals surface area contributed by atoms with Crippen LogP contribution in [0, 0.1) is 5.82 Å². The van der Waals surface area contributed by atoms with Gasteiger partial charge in [0.05, 0.1) is 21.8 Å². The number of nitrogens with two attached hydrogens (primary N) is 1. The quantitative estimate of drug-likeness (QED) is 0.492. The molecular formula is C19H11ClFN7. The summed E-state index contributed by atoms with van der Waals surface area (Å²) in [4.78, 5) is 8.81. The topological polar surface area (TPSA) is 94.9 Å². The van der Waals surface area contributed by atoms with Crippen LogP contribution in [0.3, 0.4) is 0 Å². The number of tetrazole rings is 1. The van der Waals surface area contributed by atoms with Crippen molar-refractivity contribution in [1.29, 1.82) is 0 Å². The fourth-order valence-electron chi connectivity index (χ4n) is 3.17. The van der Waals surface area contributed by atoms with E-state index in [9.17, 15) is 4.39 Å². The number of nitrogens with zero attached hydrogens (tertiary/aromatic N) is 6. The van der Waals surface area contributed by atoms with Gasteiger partial charge in [-0.2, -0.15) is 4.52 Å². The van der Waals surface area contributed by atoms with Crippen LogP contribution in [0.5, 0.6) is 0 Å². The number of benzene rings is 2. The fourth-order valence-corrected chi connectivity index (χ4v) is 3.38. The third kappa shape index (κ3) is 2.54. The third-order valence-electron chi connectivity index (χ3n) is 4.47. The molecule has 0 saturated carbocycles. The lowest BCUT2D eigenvalue weighted by atomic mass is 9.98. The molecule has 7 nitrogen and oxygen atoms in total. The van der Waals surface area contributed by atoms with Gasteiger partial charge in [0.15, 0.2) is 5.65 Å². The SMILES string of the molecule is Nc1nc(-c2ccc(F)cc2)c(-c2ccc3nccc(Cl)c3c2)c2nnnn12. The van der Waals surface area contributed by atoms with Gasteiger partial charge < -0.3 is 5.73 Å². The van der Waals surface area contributed by atoms with E-state index < -0.39 is 0 Å². The Bertz CT molecular complexity index is 1350. The first kappa shape index (κ1) is 16.5. The highest BCUT2D eigenvalue weighted by molar-refractivity contribution is 6.35. The molecular weight excluding hydrogens is 381 g/mol. The van der Waals surface area contributed by atoms with Gasteiger partial charge in [0.1, 0.15) is 5.82 Å². The molecule has 0 unspecified atom stereocenters. The second-order valence-electron chi connectivity index (χ2n) is 6.14. The van der Waals surface area contributed by atoms with Crippen molar-refractivity contribution in [3.8, 4) is 22.4 Å². The summed E-state index contributed by atoms with van der Waals surface area (Å²) in [5.74, 6) is -0.212. The standard InChI is InChI=1S/C19H11ClFN7/c20-14-7-8-23-15-6-3-11(9-13(14)15)16-17(10-1-4-12(21)5-2-10)24-19(22)28-18(16)25-26-27-28/h1-9H,(H2,22,24). The highest BCUT2D eigenvalue weighted by atomic mass is 35.5. The first-order chi connectivity index (χ1) is 13.6. The second-order valence-corrected chi connectivity index (χ2v) is 6.55. The molecule has 0 spiro atoms. The van der Waals surface area contributed by atoms with E-state index in [1.54, 1.807) is 24.4 Å². The Morgan fingerprint density at radius 1 is 1.00 bits per heavy atom. The summed E-state index contributed by atoms with van der Waals surface area (Å²) < 4.78 is 14.8. The predicted octanol–water partition coefficient (Wildman–Crippen LogP) is 3.78. The predicted molar refractivity (Wildman–Crippen MR) is 104 cm³/mol. The zero-order valence-electron chi connectivity index (χ0n) is 14.2. The van der Waals surface area contributed by atoms with E-state index >= 15 is 0 Å². The van der Waals surface area contributed by atoms with Crippen molar-refractivity contribution in [2.45, 2.75) is 0 Å². The number of rotatable bonds is 2. The van der Waals surface area contributed by atoms with Gasteiger partial charge in [-0.25, -0.2) is 9.37 Å². The van der Waals surface area contributed by atoms with E-state index in [-0.39, 0.29) is 11.8 Å². The molecule has 5 rings (SSSR count). The van der Waals surface area contributed by atoms with E-state index in [1.807, 2.05) is 18.2 Å². The fraction of sp³-hybridized carbons (Fsp3) is 0. The normalized spacial score (nSPS) is 11.4. The van der Waals surface area contributed by atoms with Gasteiger partial charge >= 0.3 is 0 Å². The zero-order chi connectivity index (χ0) is 19.3. The van der Waals surface area contributed by atoms with Gasteiger partial charge in [-0.05, 0) is 58.5 Å². The van der Waals surface area contributed by atoms with Crippen LogP contribution in [0.4, 0.5) is 10.3 Å². The monoisotopic (exact) mass is 391 g/mol. The van der Waals surface area contributed by atoms with Gasteiger partial charge in [-0.3, -0.25) is 4.98 Å². The maximum Gasteiger partial charge on any atom is 0.225 e. The summed E-state index contributed by atoms with van der Waals surface area (Å²) in [5, 5.41) is 13.1. The molecule has 0 saturated heterocycles. The molecule has 2 aromatic carbocycles. The molecule has 0 aliphatic heterocycles. The minimum atomic E-state index is -0.341. The van der Waals surface area contributed by atoms with Crippen LogP contribution in [0.1, 0.15) is 0 Å². The van der Waals surface area contributed by atoms with Gasteiger partial charge in [0.2, 0.25) is 5.95 Å². The van der Waals surface area contributed by atoms with Gasteiger partial charge in [-0.1, -0.05) is 17.7 Å². The molecule has 0 atom stereocenters. The molecule has 0 aliphatic carbocycles. The smallest absolute Gasteiger partial charge is 0.225 e. The largest absolute Gasteiger partial charge is 0.368 e. The van der Waals surface area contributed by atoms with Crippen molar-refractivity contribution >= 4 is 34.1 Å². The number of hydrogen-bond donors (Lipinski definition) is 1. The second kappa shape index (κ2) is 6.21. The van der Waals surface area contributed by atoms with Crippen LogP contribution >= 0.6 is 11.6 Å². The molecule has 0 fully saturated rings. The maximum atomic E-state index is 13.4. The molecule has 136 valence electrons. The Morgan fingerprint density at radius 2 is 1.79 bits per heavy atom. The average Bonchev–Trinajstić information content (AvgIpc) is 3.19. The number of fused-ring (bicyclic) bond motifs is 2. The lowest BCUT2D eigenvalue weighted by molar-refractivity contribution is 0.628. The van der Waals surface area contributed by atoms with Crippen LogP contribution in [0.25, 0.3) is 38.9 Å². The molecule has 9 heteroatoms. The van der Waals surface area contributed by atoms with Crippen LogP contribution in [-0.4, -0.2) is 30.0 Å². The van der Waals surface area contributed by atoms with Gasteiger partial charge in [0, 0.05) is 17.1 Å². The zero-order valence-corrected chi connectivity index (χ0v) is 15.0. The Balaban J connectivity index is 1.86. The van der Waals surface area contributed by atoms with E-state index in [0.717, 1.165) is 16.5 Å². The van der Waals surface area contributed by atoms with Crippen molar-refractivity contribution < 1.29 is 4.39 Å². The molecule has 0 bridgehead atoms. The molecule has 0 radical (unpaired) electrons. The molecule has 3 heterocycles. The number of pyridine rings is 1. The highest BCUT2D eigenvalue weighted by Crippen LogP contribution is 2.36.